The van der Waals surface area contributed by atoms with E-state index in [9.17, 15) is 4.79 Å². The van der Waals surface area contributed by atoms with Crippen molar-refractivity contribution < 1.29 is 4.79 Å². The van der Waals surface area contributed by atoms with Crippen molar-refractivity contribution in [1.29, 1.82) is 0 Å². The van der Waals surface area contributed by atoms with Gasteiger partial charge in [0.25, 0.3) is 0 Å². The van der Waals surface area contributed by atoms with Gasteiger partial charge in [0.1, 0.15) is 5.82 Å². The number of nitrogens with one attached hydrogen (secondary N) is 2. The lowest BCUT2D eigenvalue weighted by Gasteiger charge is -2.05. The molecule has 2 heterocycles. The number of nitrogens with two attached hydrogens (primary N) is 1. The average molecular weight is 398 g/mol. The van der Waals surface area contributed by atoms with Gasteiger partial charge in [0.2, 0.25) is 5.91 Å². The average Bonchev–Trinajstić information content (AvgIpc) is 3.22. The van der Waals surface area contributed by atoms with E-state index in [0.717, 1.165) is 16.8 Å². The number of halogens is 2. The van der Waals surface area contributed by atoms with Gasteiger partial charge in [-0.15, -0.1) is 24.8 Å². The molecule has 0 spiro atoms. The first-order valence-electron chi connectivity index (χ1n) is 7.63. The molecule has 2 aromatic heterocycles. The van der Waals surface area contributed by atoms with Crippen LogP contribution in [0.4, 0.5) is 5.69 Å². The fourth-order valence-corrected chi connectivity index (χ4v) is 2.30. The van der Waals surface area contributed by atoms with Gasteiger partial charge >= 0.3 is 0 Å². The van der Waals surface area contributed by atoms with Crippen LogP contribution in [0.3, 0.4) is 0 Å². The second-order valence-electron chi connectivity index (χ2n) is 5.46. The van der Waals surface area contributed by atoms with E-state index >= 15 is 0 Å². The van der Waals surface area contributed by atoms with E-state index in [-0.39, 0.29) is 30.7 Å². The summed E-state index contributed by atoms with van der Waals surface area (Å²) in [6.45, 7) is 0.318. The lowest BCUT2D eigenvalue weighted by Crippen LogP contribution is -2.12. The Labute approximate surface area is 163 Å². The number of carbonyl (C=O) groups is 1. The summed E-state index contributed by atoms with van der Waals surface area (Å²) in [7, 11) is 1.86. The molecule has 26 heavy (non-hydrogen) atoms. The number of aryl methyl sites for hydroxylation is 2. The largest absolute Gasteiger partial charge is 0.326 e. The Bertz CT molecular complexity index is 829. The van der Waals surface area contributed by atoms with Crippen LogP contribution in [0.2, 0.25) is 0 Å². The van der Waals surface area contributed by atoms with Gasteiger partial charge in [0, 0.05) is 30.9 Å². The summed E-state index contributed by atoms with van der Waals surface area (Å²) < 4.78 is 1.73. The quantitative estimate of drug-likeness (QED) is 0.588. The standard InChI is InChI=1S/C16H19N7O.2ClH/c1-23-10-11(9-18-23)2-7-15(24)19-13-5-3-12(4-6-13)16-20-14(8-17)21-22-16;;/h3-6,9-10H,2,7-8,17H2,1H3,(H,19,24)(H,20,21,22);2*1H. The highest BCUT2D eigenvalue weighted by Crippen LogP contribution is 2.18. The summed E-state index contributed by atoms with van der Waals surface area (Å²) >= 11 is 0. The molecule has 3 aromatic rings. The molecule has 0 radical (unpaired) electrons. The summed E-state index contributed by atoms with van der Waals surface area (Å²) in [6, 6.07) is 7.38. The van der Waals surface area contributed by atoms with Crippen LogP contribution in [-0.2, 0) is 24.8 Å². The van der Waals surface area contributed by atoms with E-state index in [2.05, 4.69) is 25.6 Å². The molecule has 0 unspecified atom stereocenters. The topological polar surface area (TPSA) is 115 Å². The lowest BCUT2D eigenvalue weighted by atomic mass is 10.1. The smallest absolute Gasteiger partial charge is 0.224 e. The van der Waals surface area contributed by atoms with Gasteiger partial charge in [-0.25, -0.2) is 4.98 Å². The maximum Gasteiger partial charge on any atom is 0.224 e. The highest BCUT2D eigenvalue weighted by atomic mass is 35.5. The highest BCUT2D eigenvalue weighted by Gasteiger charge is 2.07. The van der Waals surface area contributed by atoms with Gasteiger partial charge in [-0.1, -0.05) is 0 Å². The monoisotopic (exact) mass is 397 g/mol. The predicted molar refractivity (Wildman–Crippen MR) is 104 cm³/mol. The summed E-state index contributed by atoms with van der Waals surface area (Å²) in [6.07, 6.45) is 4.76. The van der Waals surface area contributed by atoms with E-state index in [1.54, 1.807) is 10.9 Å². The van der Waals surface area contributed by atoms with Crippen molar-refractivity contribution >= 4 is 36.4 Å². The van der Waals surface area contributed by atoms with Crippen LogP contribution in [0.15, 0.2) is 36.7 Å². The second kappa shape index (κ2) is 9.91. The van der Waals surface area contributed by atoms with E-state index in [1.165, 1.54) is 0 Å². The van der Waals surface area contributed by atoms with Gasteiger partial charge in [-0.3, -0.25) is 14.6 Å². The minimum absolute atomic E-state index is 0. The zero-order chi connectivity index (χ0) is 16.9. The molecular weight excluding hydrogens is 377 g/mol. The third-order valence-electron chi connectivity index (χ3n) is 3.55. The molecular formula is C16H21Cl2N7O. The van der Waals surface area contributed by atoms with Crippen molar-refractivity contribution in [3.63, 3.8) is 0 Å². The summed E-state index contributed by atoms with van der Waals surface area (Å²) in [4.78, 5) is 16.3. The molecule has 10 heteroatoms. The first-order valence-corrected chi connectivity index (χ1v) is 7.63. The number of anilines is 1. The molecule has 0 saturated heterocycles. The first-order chi connectivity index (χ1) is 11.6. The van der Waals surface area contributed by atoms with Crippen molar-refractivity contribution in [2.24, 2.45) is 12.8 Å². The molecule has 0 aliphatic rings. The molecule has 3 rings (SSSR count). The molecule has 0 aliphatic carbocycles. The Morgan fingerprint density at radius 3 is 2.58 bits per heavy atom. The normalized spacial score (nSPS) is 9.92. The third-order valence-corrected chi connectivity index (χ3v) is 3.55. The molecule has 0 fully saturated rings. The fraction of sp³-hybridized carbons (Fsp3) is 0.250. The van der Waals surface area contributed by atoms with Crippen molar-refractivity contribution in [3.05, 3.63) is 48.0 Å². The zero-order valence-corrected chi connectivity index (χ0v) is 15.8. The molecule has 0 atom stereocenters. The van der Waals surface area contributed by atoms with E-state index < -0.39 is 0 Å². The Hall–Kier alpha value is -2.42. The molecule has 1 amide bonds. The van der Waals surface area contributed by atoms with Gasteiger partial charge in [-0.05, 0) is 36.2 Å². The van der Waals surface area contributed by atoms with Crippen LogP contribution in [0.25, 0.3) is 11.4 Å². The Kier molecular flexibility index (Phi) is 8.24. The molecule has 4 N–H and O–H groups in total. The van der Waals surface area contributed by atoms with Gasteiger partial charge in [0.15, 0.2) is 5.82 Å². The van der Waals surface area contributed by atoms with Crippen LogP contribution in [0.5, 0.6) is 0 Å². The van der Waals surface area contributed by atoms with Crippen LogP contribution in [0, 0.1) is 0 Å². The SMILES string of the molecule is Cl.Cl.Cn1cc(CCC(=O)Nc2ccc(-c3n[nH]c(CN)n3)cc2)cn1. The summed E-state index contributed by atoms with van der Waals surface area (Å²) in [5.74, 6) is 1.19. The number of aromatic amines is 1. The van der Waals surface area contributed by atoms with E-state index in [1.807, 2.05) is 37.5 Å². The molecule has 0 saturated carbocycles. The maximum absolute atomic E-state index is 12.0. The predicted octanol–water partition coefficient (Wildman–Crippen LogP) is 2.08. The van der Waals surface area contributed by atoms with Gasteiger partial charge in [-0.2, -0.15) is 10.2 Å². The van der Waals surface area contributed by atoms with Gasteiger partial charge < -0.3 is 11.1 Å². The number of amides is 1. The van der Waals surface area contributed by atoms with E-state index in [4.69, 9.17) is 5.73 Å². The van der Waals surface area contributed by atoms with Crippen LogP contribution in [0.1, 0.15) is 17.8 Å². The molecule has 0 bridgehead atoms. The van der Waals surface area contributed by atoms with Crippen molar-refractivity contribution in [1.82, 2.24) is 25.0 Å². The van der Waals surface area contributed by atoms with E-state index in [0.29, 0.717) is 31.0 Å². The van der Waals surface area contributed by atoms with Crippen molar-refractivity contribution in [2.75, 3.05) is 5.32 Å². The molecule has 8 nitrogen and oxygen atoms in total. The zero-order valence-electron chi connectivity index (χ0n) is 14.2. The summed E-state index contributed by atoms with van der Waals surface area (Å²) in [5, 5.41) is 13.8. The third kappa shape index (κ3) is 5.55. The number of H-pyrrole nitrogens is 1. The number of aromatic nitrogens is 5. The number of hydrogen-bond acceptors (Lipinski definition) is 5. The number of rotatable bonds is 6. The van der Waals surface area contributed by atoms with Crippen molar-refractivity contribution in [2.45, 2.75) is 19.4 Å². The second-order valence-corrected chi connectivity index (χ2v) is 5.46. The highest BCUT2D eigenvalue weighted by molar-refractivity contribution is 5.91. The van der Waals surface area contributed by atoms with Crippen LogP contribution in [-0.4, -0.2) is 30.9 Å². The lowest BCUT2D eigenvalue weighted by molar-refractivity contribution is -0.116. The van der Waals surface area contributed by atoms with Crippen LogP contribution >= 0.6 is 24.8 Å². The number of hydrogen-bond donors (Lipinski definition) is 3. The van der Waals surface area contributed by atoms with Gasteiger partial charge in [0.05, 0.1) is 12.7 Å². The molecule has 140 valence electrons. The number of carbonyl (C=O) groups excluding carboxylic acids is 1. The van der Waals surface area contributed by atoms with Crippen LogP contribution < -0.4 is 11.1 Å². The first kappa shape index (κ1) is 21.6. The summed E-state index contributed by atoms with van der Waals surface area (Å²) in [5.41, 5.74) is 8.15. The fourth-order valence-electron chi connectivity index (χ4n) is 2.30. The number of benzene rings is 1. The van der Waals surface area contributed by atoms with Crippen molar-refractivity contribution in [3.8, 4) is 11.4 Å². The molecule has 0 aliphatic heterocycles. The maximum atomic E-state index is 12.0. The minimum Gasteiger partial charge on any atom is -0.326 e. The Balaban J connectivity index is 0.00000169. The Morgan fingerprint density at radius 2 is 2.00 bits per heavy atom. The molecule has 1 aromatic carbocycles. The minimum atomic E-state index is -0.0325. The Morgan fingerprint density at radius 1 is 1.27 bits per heavy atom. The number of nitrogens with zero attached hydrogens (tertiary/aromatic N) is 4.